The van der Waals surface area contributed by atoms with Crippen LogP contribution < -0.4 is 15.4 Å². The summed E-state index contributed by atoms with van der Waals surface area (Å²) in [5, 5.41) is 7.58. The molecule has 2 aliphatic heterocycles. The molecule has 1 aromatic heterocycles. The molecule has 2 bridgehead atoms. The van der Waals surface area contributed by atoms with Gasteiger partial charge in [-0.25, -0.2) is 4.98 Å². The molecular weight excluding hydrogens is 334 g/mol. The van der Waals surface area contributed by atoms with Crippen molar-refractivity contribution in [3.05, 3.63) is 48.2 Å². The summed E-state index contributed by atoms with van der Waals surface area (Å²) in [4.78, 5) is 17.8. The van der Waals surface area contributed by atoms with Gasteiger partial charge in [0.25, 0.3) is 5.91 Å². The van der Waals surface area contributed by atoms with Gasteiger partial charge in [-0.2, -0.15) is 0 Å². The number of benzene rings is 1. The molecule has 0 aliphatic carbocycles. The van der Waals surface area contributed by atoms with Gasteiger partial charge in [-0.1, -0.05) is 11.8 Å². The van der Waals surface area contributed by atoms with Crippen LogP contribution in [0.2, 0.25) is 0 Å². The van der Waals surface area contributed by atoms with E-state index in [0.29, 0.717) is 17.6 Å². The van der Waals surface area contributed by atoms with E-state index in [0.717, 1.165) is 22.1 Å². The van der Waals surface area contributed by atoms with E-state index in [1.54, 1.807) is 25.1 Å². The normalized spacial score (nSPS) is 24.3. The second-order valence-electron chi connectivity index (χ2n) is 6.52. The van der Waals surface area contributed by atoms with Crippen LogP contribution in [0.3, 0.4) is 0 Å². The Balaban J connectivity index is 1.38. The fourth-order valence-electron chi connectivity index (χ4n) is 3.60. The van der Waals surface area contributed by atoms with E-state index < -0.39 is 0 Å². The molecule has 5 nitrogen and oxygen atoms in total. The Labute approximate surface area is 151 Å². The maximum atomic E-state index is 12.5. The van der Waals surface area contributed by atoms with Gasteiger partial charge in [0.05, 0.1) is 7.11 Å². The molecule has 3 atom stereocenters. The zero-order valence-corrected chi connectivity index (χ0v) is 14.9. The van der Waals surface area contributed by atoms with Gasteiger partial charge in [0.2, 0.25) is 0 Å². The summed E-state index contributed by atoms with van der Waals surface area (Å²) < 4.78 is 5.22. The molecule has 2 fully saturated rings. The Morgan fingerprint density at radius 2 is 2.12 bits per heavy atom. The van der Waals surface area contributed by atoms with Gasteiger partial charge in [0.1, 0.15) is 10.8 Å². The molecule has 2 saturated heterocycles. The zero-order valence-electron chi connectivity index (χ0n) is 14.1. The van der Waals surface area contributed by atoms with E-state index in [4.69, 9.17) is 4.74 Å². The summed E-state index contributed by atoms with van der Waals surface area (Å²) in [6, 6.07) is 12.7. The number of carbonyl (C=O) groups excluding carboxylic acids is 1. The van der Waals surface area contributed by atoms with Crippen LogP contribution in [0.5, 0.6) is 5.75 Å². The SMILES string of the molecule is COc1ccnc(Sc2ccc(C(=O)NC3CC4CCC3N4)cc2)c1. The van der Waals surface area contributed by atoms with Crippen LogP contribution in [0.1, 0.15) is 29.6 Å². The number of hydrogen-bond acceptors (Lipinski definition) is 5. The largest absolute Gasteiger partial charge is 0.497 e. The first-order chi connectivity index (χ1) is 12.2. The highest BCUT2D eigenvalue weighted by atomic mass is 32.2. The number of hydrogen-bond donors (Lipinski definition) is 2. The van der Waals surface area contributed by atoms with Gasteiger partial charge >= 0.3 is 0 Å². The molecule has 0 saturated carbocycles. The van der Waals surface area contributed by atoms with Crippen LogP contribution in [0.15, 0.2) is 52.5 Å². The summed E-state index contributed by atoms with van der Waals surface area (Å²) in [6.45, 7) is 0. The van der Waals surface area contributed by atoms with Gasteiger partial charge in [-0.15, -0.1) is 0 Å². The van der Waals surface area contributed by atoms with Crippen LogP contribution in [0.4, 0.5) is 0 Å². The van der Waals surface area contributed by atoms with Crippen molar-refractivity contribution in [1.82, 2.24) is 15.6 Å². The van der Waals surface area contributed by atoms with E-state index in [9.17, 15) is 4.79 Å². The lowest BCUT2D eigenvalue weighted by molar-refractivity contribution is 0.0931. The second kappa shape index (κ2) is 7.06. The Bertz CT molecular complexity index is 766. The number of fused-ring (bicyclic) bond motifs is 2. The molecule has 2 aliphatic rings. The standard InChI is InChI=1S/C19H21N3O2S/c1-24-14-8-9-20-18(11-14)25-15-5-2-12(3-6-15)19(23)22-17-10-13-4-7-16(17)21-13/h2-3,5-6,8-9,11,13,16-17,21H,4,7,10H2,1H3,(H,22,23). The third-order valence-corrected chi connectivity index (χ3v) is 5.84. The highest BCUT2D eigenvalue weighted by Gasteiger charge is 2.39. The summed E-state index contributed by atoms with van der Waals surface area (Å²) in [6.07, 6.45) is 5.18. The highest BCUT2D eigenvalue weighted by Crippen LogP contribution is 2.29. The number of aromatic nitrogens is 1. The molecule has 3 unspecified atom stereocenters. The van der Waals surface area contributed by atoms with Gasteiger partial charge < -0.3 is 15.4 Å². The maximum Gasteiger partial charge on any atom is 0.251 e. The third kappa shape index (κ3) is 3.65. The minimum absolute atomic E-state index is 0.00963. The highest BCUT2D eigenvalue weighted by molar-refractivity contribution is 7.99. The molecule has 1 amide bonds. The zero-order chi connectivity index (χ0) is 17.2. The average molecular weight is 355 g/mol. The topological polar surface area (TPSA) is 63.2 Å². The predicted octanol–water partition coefficient (Wildman–Crippen LogP) is 2.86. The number of rotatable bonds is 5. The number of amides is 1. The molecule has 0 spiro atoms. The Morgan fingerprint density at radius 3 is 2.80 bits per heavy atom. The van der Waals surface area contributed by atoms with Gasteiger partial charge in [0.15, 0.2) is 0 Å². The maximum absolute atomic E-state index is 12.5. The lowest BCUT2D eigenvalue weighted by atomic mass is 9.95. The third-order valence-electron chi connectivity index (χ3n) is 4.90. The minimum atomic E-state index is 0.00963. The minimum Gasteiger partial charge on any atom is -0.497 e. The quantitative estimate of drug-likeness (QED) is 0.863. The van der Waals surface area contributed by atoms with Crippen molar-refractivity contribution in [2.75, 3.05) is 7.11 Å². The monoisotopic (exact) mass is 355 g/mol. The fraction of sp³-hybridized carbons (Fsp3) is 0.368. The molecule has 0 radical (unpaired) electrons. The van der Waals surface area contributed by atoms with Crippen LogP contribution in [0, 0.1) is 0 Å². The molecule has 4 rings (SSSR count). The van der Waals surface area contributed by atoms with Crippen molar-refractivity contribution in [1.29, 1.82) is 0 Å². The Hall–Kier alpha value is -2.05. The number of carbonyl (C=O) groups is 1. The molecule has 3 heterocycles. The summed E-state index contributed by atoms with van der Waals surface area (Å²) in [5.41, 5.74) is 0.700. The molecule has 2 N–H and O–H groups in total. The van der Waals surface area contributed by atoms with Crippen molar-refractivity contribution in [3.8, 4) is 5.75 Å². The van der Waals surface area contributed by atoms with E-state index in [1.165, 1.54) is 12.8 Å². The second-order valence-corrected chi connectivity index (χ2v) is 7.62. The van der Waals surface area contributed by atoms with Crippen molar-refractivity contribution in [3.63, 3.8) is 0 Å². The van der Waals surface area contributed by atoms with E-state index in [-0.39, 0.29) is 11.9 Å². The average Bonchev–Trinajstić information content (AvgIpc) is 3.25. The van der Waals surface area contributed by atoms with E-state index in [1.807, 2.05) is 36.4 Å². The Morgan fingerprint density at radius 1 is 1.28 bits per heavy atom. The summed E-state index contributed by atoms with van der Waals surface area (Å²) in [5.74, 6) is 0.795. The van der Waals surface area contributed by atoms with Crippen molar-refractivity contribution in [2.24, 2.45) is 0 Å². The van der Waals surface area contributed by atoms with Crippen molar-refractivity contribution < 1.29 is 9.53 Å². The van der Waals surface area contributed by atoms with Gasteiger partial charge in [-0.3, -0.25) is 4.79 Å². The molecule has 25 heavy (non-hydrogen) atoms. The molecule has 2 aromatic rings. The summed E-state index contributed by atoms with van der Waals surface area (Å²) in [7, 11) is 1.64. The number of nitrogens with one attached hydrogen (secondary N) is 2. The van der Waals surface area contributed by atoms with Gasteiger partial charge in [-0.05, 0) is 49.6 Å². The number of ether oxygens (including phenoxy) is 1. The van der Waals surface area contributed by atoms with Crippen molar-refractivity contribution >= 4 is 17.7 Å². The number of nitrogens with zero attached hydrogens (tertiary/aromatic N) is 1. The number of methoxy groups -OCH3 is 1. The molecule has 6 heteroatoms. The first-order valence-corrected chi connectivity index (χ1v) is 9.38. The lowest BCUT2D eigenvalue weighted by Crippen LogP contribution is -2.42. The first kappa shape index (κ1) is 16.4. The van der Waals surface area contributed by atoms with Crippen LogP contribution in [-0.4, -0.2) is 36.1 Å². The molecular formula is C19H21N3O2S. The molecule has 1 aromatic carbocycles. The predicted molar refractivity (Wildman–Crippen MR) is 97.2 cm³/mol. The lowest BCUT2D eigenvalue weighted by Gasteiger charge is -2.21. The summed E-state index contributed by atoms with van der Waals surface area (Å²) >= 11 is 1.55. The van der Waals surface area contributed by atoms with E-state index in [2.05, 4.69) is 15.6 Å². The van der Waals surface area contributed by atoms with Crippen LogP contribution in [-0.2, 0) is 0 Å². The van der Waals surface area contributed by atoms with E-state index >= 15 is 0 Å². The van der Waals surface area contributed by atoms with Crippen molar-refractivity contribution in [2.45, 2.75) is 47.3 Å². The van der Waals surface area contributed by atoms with Crippen LogP contribution >= 0.6 is 11.8 Å². The smallest absolute Gasteiger partial charge is 0.251 e. The Kier molecular flexibility index (Phi) is 4.63. The van der Waals surface area contributed by atoms with Gasteiger partial charge in [0, 0.05) is 40.8 Å². The fourth-order valence-corrected chi connectivity index (χ4v) is 4.41. The van der Waals surface area contributed by atoms with Crippen LogP contribution in [0.25, 0.3) is 0 Å². The molecule has 130 valence electrons. The first-order valence-electron chi connectivity index (χ1n) is 8.56. The number of pyridine rings is 1.